The Hall–Kier alpha value is -1.38. The number of halogens is 1. The molecule has 0 saturated heterocycles. The minimum absolute atomic E-state index is 0.0710. The lowest BCUT2D eigenvalue weighted by Crippen LogP contribution is -2.44. The van der Waals surface area contributed by atoms with Crippen LogP contribution in [0.25, 0.3) is 0 Å². The average Bonchev–Trinajstić information content (AvgIpc) is 2.54. The summed E-state index contributed by atoms with van der Waals surface area (Å²) in [4.78, 5) is -0.448. The third-order valence-electron chi connectivity index (χ3n) is 4.25. The molecule has 0 aliphatic heterocycles. The van der Waals surface area contributed by atoms with Gasteiger partial charge in [0, 0.05) is 18.2 Å². The summed E-state index contributed by atoms with van der Waals surface area (Å²) in [6.07, 6.45) is 3.54. The molecule has 0 aromatic heterocycles. The van der Waals surface area contributed by atoms with Crippen LogP contribution in [0.2, 0.25) is 0 Å². The summed E-state index contributed by atoms with van der Waals surface area (Å²) in [5, 5.41) is 0. The Morgan fingerprint density at radius 1 is 1.22 bits per heavy atom. The summed E-state index contributed by atoms with van der Waals surface area (Å²) in [7, 11) is -1.28. The van der Waals surface area contributed by atoms with Crippen molar-refractivity contribution in [3.05, 3.63) is 17.9 Å². The van der Waals surface area contributed by atoms with E-state index in [0.29, 0.717) is 13.0 Å². The van der Waals surface area contributed by atoms with Crippen molar-refractivity contribution in [2.45, 2.75) is 36.6 Å². The van der Waals surface area contributed by atoms with Crippen LogP contribution in [0.5, 0.6) is 11.5 Å². The maximum absolute atomic E-state index is 14.2. The number of nitrogens with one attached hydrogen (secondary N) is 1. The van der Waals surface area contributed by atoms with Crippen LogP contribution in [0.15, 0.2) is 17.0 Å². The van der Waals surface area contributed by atoms with Crippen molar-refractivity contribution < 1.29 is 22.3 Å². The highest BCUT2D eigenvalue weighted by Crippen LogP contribution is 2.32. The summed E-state index contributed by atoms with van der Waals surface area (Å²) >= 11 is 0. The third kappa shape index (κ3) is 3.94. The average molecular weight is 346 g/mol. The Morgan fingerprint density at radius 2 is 1.83 bits per heavy atom. The second-order valence-electron chi connectivity index (χ2n) is 5.65. The van der Waals surface area contributed by atoms with Gasteiger partial charge >= 0.3 is 0 Å². The number of nitrogens with two attached hydrogens (primary N) is 1. The number of sulfonamides is 1. The van der Waals surface area contributed by atoms with Crippen LogP contribution in [0, 0.1) is 11.7 Å². The van der Waals surface area contributed by atoms with E-state index in [2.05, 4.69) is 4.72 Å². The Morgan fingerprint density at radius 3 is 2.43 bits per heavy atom. The second-order valence-corrected chi connectivity index (χ2v) is 7.33. The fourth-order valence-electron chi connectivity index (χ4n) is 2.95. The fourth-order valence-corrected chi connectivity index (χ4v) is 4.36. The lowest BCUT2D eigenvalue weighted by atomic mass is 9.85. The van der Waals surface area contributed by atoms with E-state index in [4.69, 9.17) is 15.2 Å². The number of benzene rings is 1. The first kappa shape index (κ1) is 18.0. The van der Waals surface area contributed by atoms with E-state index >= 15 is 0 Å². The number of hydrogen-bond donors (Lipinski definition) is 2. The predicted molar refractivity (Wildman–Crippen MR) is 84.6 cm³/mol. The predicted octanol–water partition coefficient (Wildman–Crippen LogP) is 1.64. The minimum atomic E-state index is -4.01. The van der Waals surface area contributed by atoms with E-state index in [1.54, 1.807) is 0 Å². The van der Waals surface area contributed by atoms with Gasteiger partial charge in [-0.1, -0.05) is 12.8 Å². The van der Waals surface area contributed by atoms with Crippen LogP contribution < -0.4 is 19.9 Å². The molecule has 0 radical (unpaired) electrons. The molecule has 0 amide bonds. The van der Waals surface area contributed by atoms with Crippen LogP contribution in [0.3, 0.4) is 0 Å². The number of ether oxygens (including phenoxy) is 2. The van der Waals surface area contributed by atoms with Crippen LogP contribution in [-0.4, -0.2) is 35.2 Å². The zero-order valence-corrected chi connectivity index (χ0v) is 14.2. The van der Waals surface area contributed by atoms with Gasteiger partial charge in [-0.2, -0.15) is 0 Å². The van der Waals surface area contributed by atoms with Crippen molar-refractivity contribution in [3.63, 3.8) is 0 Å². The Labute approximate surface area is 136 Å². The molecule has 0 heterocycles. The lowest BCUT2D eigenvalue weighted by Gasteiger charge is -2.31. The Kier molecular flexibility index (Phi) is 5.83. The molecule has 2 atom stereocenters. The molecule has 1 aromatic carbocycles. The number of hydrogen-bond acceptors (Lipinski definition) is 5. The number of methoxy groups -OCH3 is 2. The largest absolute Gasteiger partial charge is 0.493 e. The van der Waals surface area contributed by atoms with Crippen molar-refractivity contribution in [1.82, 2.24) is 4.72 Å². The zero-order chi connectivity index (χ0) is 17.0. The molecular weight excluding hydrogens is 323 g/mol. The van der Waals surface area contributed by atoms with Crippen molar-refractivity contribution >= 4 is 10.0 Å². The van der Waals surface area contributed by atoms with E-state index in [1.165, 1.54) is 14.2 Å². The van der Waals surface area contributed by atoms with Gasteiger partial charge in [0.1, 0.15) is 10.7 Å². The minimum Gasteiger partial charge on any atom is -0.493 e. The van der Waals surface area contributed by atoms with Gasteiger partial charge in [-0.05, 0) is 25.3 Å². The molecular formula is C15H23FN2O4S. The van der Waals surface area contributed by atoms with Gasteiger partial charge in [0.25, 0.3) is 0 Å². The molecule has 1 aliphatic rings. The van der Waals surface area contributed by atoms with Crippen molar-refractivity contribution in [3.8, 4) is 11.5 Å². The highest BCUT2D eigenvalue weighted by atomic mass is 32.2. The smallest absolute Gasteiger partial charge is 0.243 e. The van der Waals surface area contributed by atoms with Crippen LogP contribution >= 0.6 is 0 Å². The van der Waals surface area contributed by atoms with Gasteiger partial charge in [-0.15, -0.1) is 0 Å². The van der Waals surface area contributed by atoms with Gasteiger partial charge in [-0.3, -0.25) is 0 Å². The molecule has 3 N–H and O–H groups in total. The van der Waals surface area contributed by atoms with E-state index in [9.17, 15) is 12.8 Å². The maximum atomic E-state index is 14.2. The van der Waals surface area contributed by atoms with Gasteiger partial charge < -0.3 is 15.2 Å². The van der Waals surface area contributed by atoms with Crippen LogP contribution in [0.4, 0.5) is 4.39 Å². The summed E-state index contributed by atoms with van der Waals surface area (Å²) in [5.41, 5.74) is 5.72. The first-order valence-electron chi connectivity index (χ1n) is 7.57. The monoisotopic (exact) mass is 346 g/mol. The molecule has 8 heteroatoms. The normalized spacial score (nSPS) is 21.9. The van der Waals surface area contributed by atoms with Gasteiger partial charge in [-0.25, -0.2) is 17.5 Å². The lowest BCUT2D eigenvalue weighted by molar-refractivity contribution is 0.295. The van der Waals surface area contributed by atoms with Gasteiger partial charge in [0.05, 0.1) is 14.2 Å². The zero-order valence-electron chi connectivity index (χ0n) is 13.3. The quantitative estimate of drug-likeness (QED) is 0.817. The second kappa shape index (κ2) is 7.46. The maximum Gasteiger partial charge on any atom is 0.243 e. The SMILES string of the molecule is COc1cc(F)c(S(=O)(=O)N[C@@H]2CCCC[C@H]2CN)cc1OC. The molecule has 130 valence electrons. The molecule has 2 rings (SSSR count). The van der Waals surface area contributed by atoms with E-state index < -0.39 is 20.7 Å². The first-order chi connectivity index (χ1) is 10.9. The molecule has 1 aliphatic carbocycles. The van der Waals surface area contributed by atoms with E-state index in [-0.39, 0.29) is 23.5 Å². The highest BCUT2D eigenvalue weighted by Gasteiger charge is 2.30. The van der Waals surface area contributed by atoms with Crippen LogP contribution in [0.1, 0.15) is 25.7 Å². The molecule has 0 spiro atoms. The van der Waals surface area contributed by atoms with Crippen LogP contribution in [-0.2, 0) is 10.0 Å². The van der Waals surface area contributed by atoms with Gasteiger partial charge in [0.15, 0.2) is 11.5 Å². The van der Waals surface area contributed by atoms with Crippen molar-refractivity contribution in [1.29, 1.82) is 0 Å². The third-order valence-corrected chi connectivity index (χ3v) is 5.75. The molecule has 0 bridgehead atoms. The Balaban J connectivity index is 2.32. The molecule has 1 aromatic rings. The topological polar surface area (TPSA) is 90.7 Å². The highest BCUT2D eigenvalue weighted by molar-refractivity contribution is 7.89. The Bertz CT molecular complexity index is 651. The molecule has 6 nitrogen and oxygen atoms in total. The summed E-state index contributed by atoms with van der Waals surface area (Å²) < 4.78 is 52.0. The summed E-state index contributed by atoms with van der Waals surface area (Å²) in [6, 6.07) is 1.87. The van der Waals surface area contributed by atoms with E-state index in [0.717, 1.165) is 31.4 Å². The standard InChI is InChI=1S/C15H23FN2O4S/c1-21-13-7-11(16)15(8-14(13)22-2)23(19,20)18-12-6-4-3-5-10(12)9-17/h7-8,10,12,18H,3-6,9,17H2,1-2H3/t10-,12+/m0/s1. The molecule has 1 saturated carbocycles. The number of rotatable bonds is 6. The van der Waals surface area contributed by atoms with Crippen molar-refractivity contribution in [2.75, 3.05) is 20.8 Å². The molecule has 23 heavy (non-hydrogen) atoms. The fraction of sp³-hybridized carbons (Fsp3) is 0.600. The molecule has 0 unspecified atom stereocenters. The van der Waals surface area contributed by atoms with Crippen molar-refractivity contribution in [2.24, 2.45) is 11.7 Å². The summed E-state index contributed by atoms with van der Waals surface area (Å²) in [5.74, 6) is -0.508. The van der Waals surface area contributed by atoms with E-state index in [1.807, 2.05) is 0 Å². The first-order valence-corrected chi connectivity index (χ1v) is 9.05. The van der Waals surface area contributed by atoms with Gasteiger partial charge in [0.2, 0.25) is 10.0 Å². The summed E-state index contributed by atoms with van der Waals surface area (Å²) in [6.45, 7) is 0.404. The molecule has 1 fully saturated rings.